The summed E-state index contributed by atoms with van der Waals surface area (Å²) in [5.74, 6) is -0.392. The third-order valence-corrected chi connectivity index (χ3v) is 3.81. The second kappa shape index (κ2) is 6.15. The lowest BCUT2D eigenvalue weighted by Gasteiger charge is -2.09. The monoisotopic (exact) mass is 299 g/mol. The van der Waals surface area contributed by atoms with Crippen LogP contribution in [0.15, 0.2) is 60.7 Å². The Morgan fingerprint density at radius 3 is 2.62 bits per heavy atom. The van der Waals surface area contributed by atoms with Crippen LogP contribution in [0.5, 0.6) is 0 Å². The summed E-state index contributed by atoms with van der Waals surface area (Å²) in [5, 5.41) is 5.95. The summed E-state index contributed by atoms with van der Waals surface area (Å²) in [5.41, 5.74) is 2.13. The average Bonchev–Trinajstić information content (AvgIpc) is 2.51. The Labute approximate surface area is 128 Å². The third-order valence-electron chi connectivity index (χ3n) is 3.52. The molecular weight excluding hydrogens is 285 g/mol. The van der Waals surface area contributed by atoms with E-state index < -0.39 is 5.82 Å². The molecule has 0 aliphatic carbocycles. The predicted octanol–water partition coefficient (Wildman–Crippen LogP) is 5.29. The van der Waals surface area contributed by atoms with Crippen molar-refractivity contribution in [1.29, 1.82) is 0 Å². The highest BCUT2D eigenvalue weighted by Crippen LogP contribution is 2.21. The van der Waals surface area contributed by atoms with Crippen LogP contribution in [0.2, 0.25) is 5.02 Å². The highest BCUT2D eigenvalue weighted by Gasteiger charge is 2.02. The van der Waals surface area contributed by atoms with E-state index in [1.165, 1.54) is 22.4 Å². The minimum atomic E-state index is -0.392. The zero-order valence-corrected chi connectivity index (χ0v) is 12.2. The second-order valence-corrected chi connectivity index (χ2v) is 5.35. The molecule has 0 heterocycles. The van der Waals surface area contributed by atoms with Crippen molar-refractivity contribution in [3.63, 3.8) is 0 Å². The van der Waals surface area contributed by atoms with Gasteiger partial charge in [0.05, 0.1) is 5.02 Å². The standard InChI is InChI=1S/C18H15ClFN/c19-17-12-15(8-9-18(17)20)21-11-10-14-6-3-5-13-4-1-2-7-16(13)14/h1-9,12,21H,10-11H2. The topological polar surface area (TPSA) is 12.0 Å². The Bertz CT molecular complexity index is 765. The molecule has 0 amide bonds. The number of hydrogen-bond acceptors (Lipinski definition) is 1. The number of fused-ring (bicyclic) bond motifs is 1. The van der Waals surface area contributed by atoms with Gasteiger partial charge in [-0.3, -0.25) is 0 Å². The van der Waals surface area contributed by atoms with Crippen LogP contribution in [0.4, 0.5) is 10.1 Å². The van der Waals surface area contributed by atoms with Gasteiger partial charge in [0.1, 0.15) is 5.82 Å². The first-order chi connectivity index (χ1) is 10.2. The van der Waals surface area contributed by atoms with Gasteiger partial charge < -0.3 is 5.32 Å². The molecular formula is C18H15ClFN. The number of rotatable bonds is 4. The van der Waals surface area contributed by atoms with Gasteiger partial charge in [0.2, 0.25) is 0 Å². The maximum Gasteiger partial charge on any atom is 0.141 e. The number of hydrogen-bond donors (Lipinski definition) is 1. The maximum atomic E-state index is 13.1. The van der Waals surface area contributed by atoms with E-state index in [1.54, 1.807) is 12.1 Å². The minimum Gasteiger partial charge on any atom is -0.385 e. The van der Waals surface area contributed by atoms with E-state index in [1.807, 2.05) is 6.07 Å². The molecule has 0 fully saturated rings. The van der Waals surface area contributed by atoms with E-state index in [0.29, 0.717) is 0 Å². The minimum absolute atomic E-state index is 0.144. The Balaban J connectivity index is 1.70. The molecule has 0 spiro atoms. The van der Waals surface area contributed by atoms with Crippen LogP contribution in [-0.2, 0) is 6.42 Å². The van der Waals surface area contributed by atoms with Gasteiger partial charge in [0.15, 0.2) is 0 Å². The molecule has 3 heteroatoms. The van der Waals surface area contributed by atoms with Gasteiger partial charge in [-0.2, -0.15) is 0 Å². The van der Waals surface area contributed by atoms with Crippen LogP contribution in [0.25, 0.3) is 10.8 Å². The molecule has 21 heavy (non-hydrogen) atoms. The number of benzene rings is 3. The van der Waals surface area contributed by atoms with E-state index in [2.05, 4.69) is 41.7 Å². The van der Waals surface area contributed by atoms with E-state index in [0.717, 1.165) is 18.7 Å². The largest absolute Gasteiger partial charge is 0.385 e. The fourth-order valence-corrected chi connectivity index (χ4v) is 2.64. The Hall–Kier alpha value is -2.06. The first-order valence-corrected chi connectivity index (χ1v) is 7.27. The molecule has 0 aliphatic heterocycles. The Kier molecular flexibility index (Phi) is 4.07. The molecule has 1 nitrogen and oxygen atoms in total. The molecule has 1 N–H and O–H groups in total. The fourth-order valence-electron chi connectivity index (χ4n) is 2.46. The van der Waals surface area contributed by atoms with Gasteiger partial charge in [-0.05, 0) is 41.0 Å². The number of nitrogens with one attached hydrogen (secondary N) is 1. The summed E-state index contributed by atoms with van der Waals surface area (Å²) in [4.78, 5) is 0. The summed E-state index contributed by atoms with van der Waals surface area (Å²) in [7, 11) is 0. The van der Waals surface area contributed by atoms with E-state index in [9.17, 15) is 4.39 Å². The molecule has 0 unspecified atom stereocenters. The molecule has 0 bridgehead atoms. The summed E-state index contributed by atoms with van der Waals surface area (Å²) >= 11 is 5.77. The van der Waals surface area contributed by atoms with Crippen LogP contribution in [0, 0.1) is 5.82 Å². The molecule has 0 radical (unpaired) electrons. The van der Waals surface area contributed by atoms with Gasteiger partial charge in [0, 0.05) is 12.2 Å². The van der Waals surface area contributed by atoms with Crippen LogP contribution in [-0.4, -0.2) is 6.54 Å². The number of anilines is 1. The van der Waals surface area contributed by atoms with Gasteiger partial charge in [-0.15, -0.1) is 0 Å². The van der Waals surface area contributed by atoms with Gasteiger partial charge in [0.25, 0.3) is 0 Å². The van der Waals surface area contributed by atoms with Crippen molar-refractivity contribution < 1.29 is 4.39 Å². The van der Waals surface area contributed by atoms with E-state index in [4.69, 9.17) is 11.6 Å². The van der Waals surface area contributed by atoms with Gasteiger partial charge >= 0.3 is 0 Å². The van der Waals surface area contributed by atoms with E-state index >= 15 is 0 Å². The Morgan fingerprint density at radius 1 is 0.952 bits per heavy atom. The highest BCUT2D eigenvalue weighted by molar-refractivity contribution is 6.31. The van der Waals surface area contributed by atoms with Crippen molar-refractivity contribution in [2.24, 2.45) is 0 Å². The first-order valence-electron chi connectivity index (χ1n) is 6.89. The summed E-state index contributed by atoms with van der Waals surface area (Å²) in [6.45, 7) is 0.774. The zero-order valence-electron chi connectivity index (χ0n) is 11.4. The van der Waals surface area contributed by atoms with Gasteiger partial charge in [-0.1, -0.05) is 54.1 Å². The van der Waals surface area contributed by atoms with Crippen molar-refractivity contribution >= 4 is 28.1 Å². The van der Waals surface area contributed by atoms with Crippen LogP contribution in [0.3, 0.4) is 0 Å². The first kappa shape index (κ1) is 13.9. The summed E-state index contributed by atoms with van der Waals surface area (Å²) < 4.78 is 13.1. The molecule has 0 saturated carbocycles. The van der Waals surface area contributed by atoms with Crippen molar-refractivity contribution in [2.45, 2.75) is 6.42 Å². The lowest BCUT2D eigenvalue weighted by Crippen LogP contribution is -2.05. The summed E-state index contributed by atoms with van der Waals surface area (Å²) in [6, 6.07) is 19.4. The van der Waals surface area contributed by atoms with Crippen molar-refractivity contribution in [2.75, 3.05) is 11.9 Å². The van der Waals surface area contributed by atoms with Gasteiger partial charge in [-0.25, -0.2) is 4.39 Å². The molecule has 3 rings (SSSR count). The normalized spacial score (nSPS) is 10.8. The molecule has 106 valence electrons. The van der Waals surface area contributed by atoms with Crippen molar-refractivity contribution in [1.82, 2.24) is 0 Å². The van der Waals surface area contributed by atoms with Crippen molar-refractivity contribution in [3.8, 4) is 0 Å². The average molecular weight is 300 g/mol. The lowest BCUT2D eigenvalue weighted by molar-refractivity contribution is 0.628. The SMILES string of the molecule is Fc1ccc(NCCc2cccc3ccccc23)cc1Cl. The smallest absolute Gasteiger partial charge is 0.141 e. The molecule has 0 atom stereocenters. The molecule has 3 aromatic rings. The molecule has 0 aliphatic rings. The van der Waals surface area contributed by atoms with Crippen molar-refractivity contribution in [3.05, 3.63) is 77.1 Å². The fraction of sp³-hybridized carbons (Fsp3) is 0.111. The van der Waals surface area contributed by atoms with Crippen LogP contribution in [0.1, 0.15) is 5.56 Å². The van der Waals surface area contributed by atoms with Crippen LogP contribution >= 0.6 is 11.6 Å². The predicted molar refractivity (Wildman–Crippen MR) is 87.6 cm³/mol. The van der Waals surface area contributed by atoms with E-state index in [-0.39, 0.29) is 5.02 Å². The quantitative estimate of drug-likeness (QED) is 0.690. The second-order valence-electron chi connectivity index (χ2n) is 4.94. The highest BCUT2D eigenvalue weighted by atomic mass is 35.5. The maximum absolute atomic E-state index is 13.1. The van der Waals surface area contributed by atoms with Crippen LogP contribution < -0.4 is 5.32 Å². The molecule has 0 aromatic heterocycles. The summed E-state index contributed by atoms with van der Waals surface area (Å²) in [6.07, 6.45) is 0.899. The molecule has 3 aromatic carbocycles. The Morgan fingerprint density at radius 2 is 1.76 bits per heavy atom. The number of halogens is 2. The third kappa shape index (κ3) is 3.17. The lowest BCUT2D eigenvalue weighted by atomic mass is 10.0. The molecule has 0 saturated heterocycles. The zero-order chi connectivity index (χ0) is 14.7.